The number of nitrogens with one attached hydrogen (secondary N) is 2. The number of thiazole rings is 1. The smallest absolute Gasteiger partial charge is 0.191 e. The molecule has 1 fully saturated rings. The van der Waals surface area contributed by atoms with Crippen molar-refractivity contribution >= 4 is 23.0 Å². The van der Waals surface area contributed by atoms with Gasteiger partial charge in [-0.05, 0) is 44.9 Å². The van der Waals surface area contributed by atoms with Crippen LogP contribution in [0.25, 0.3) is 0 Å². The molecule has 0 aliphatic carbocycles. The van der Waals surface area contributed by atoms with Crippen LogP contribution in [0.3, 0.4) is 0 Å². The molecule has 6 nitrogen and oxygen atoms in total. The summed E-state index contributed by atoms with van der Waals surface area (Å²) in [5, 5.41) is 7.95. The molecule has 2 heterocycles. The number of aryl methyl sites for hydroxylation is 2. The Morgan fingerprint density at radius 1 is 1.17 bits per heavy atom. The number of aromatic nitrogens is 1. The minimum Gasteiger partial charge on any atom is -0.369 e. The van der Waals surface area contributed by atoms with Gasteiger partial charge in [0, 0.05) is 75.5 Å². The van der Waals surface area contributed by atoms with Crippen molar-refractivity contribution in [3.05, 3.63) is 45.9 Å². The summed E-state index contributed by atoms with van der Waals surface area (Å²) in [6, 6.07) is 8.83. The lowest BCUT2D eigenvalue weighted by Crippen LogP contribution is -2.46. The Labute approximate surface area is 185 Å². The topological polar surface area (TPSA) is 55.8 Å². The molecule has 0 saturated carbocycles. The SMILES string of the molecule is CCNC(=NCCCN1CCN(c2cccc(C)c2)CC1)NCCc1ncc(C)s1. The Morgan fingerprint density at radius 2 is 2.00 bits per heavy atom. The monoisotopic (exact) mass is 428 g/mol. The second kappa shape index (κ2) is 11.9. The van der Waals surface area contributed by atoms with E-state index in [1.807, 2.05) is 6.20 Å². The number of aliphatic imine (C=N–C) groups is 1. The predicted octanol–water partition coefficient (Wildman–Crippen LogP) is 3.07. The van der Waals surface area contributed by atoms with Crippen molar-refractivity contribution in [3.8, 4) is 0 Å². The third kappa shape index (κ3) is 7.29. The Kier molecular flexibility index (Phi) is 8.96. The van der Waals surface area contributed by atoms with Gasteiger partial charge in [0.05, 0.1) is 5.01 Å². The van der Waals surface area contributed by atoms with Crippen molar-refractivity contribution in [1.29, 1.82) is 0 Å². The molecule has 2 aromatic rings. The Hall–Kier alpha value is -2.12. The fourth-order valence-corrected chi connectivity index (χ4v) is 4.47. The highest BCUT2D eigenvalue weighted by Gasteiger charge is 2.16. The zero-order chi connectivity index (χ0) is 21.2. The summed E-state index contributed by atoms with van der Waals surface area (Å²) in [4.78, 5) is 15.5. The number of rotatable bonds is 9. The predicted molar refractivity (Wildman–Crippen MR) is 129 cm³/mol. The average Bonchev–Trinajstić information content (AvgIpc) is 3.16. The maximum Gasteiger partial charge on any atom is 0.191 e. The van der Waals surface area contributed by atoms with Gasteiger partial charge in [-0.1, -0.05) is 12.1 Å². The van der Waals surface area contributed by atoms with Crippen LogP contribution in [0, 0.1) is 13.8 Å². The molecule has 30 heavy (non-hydrogen) atoms. The normalized spacial score (nSPS) is 15.4. The van der Waals surface area contributed by atoms with Gasteiger partial charge in [-0.2, -0.15) is 0 Å². The first-order valence-electron chi connectivity index (χ1n) is 11.1. The number of benzene rings is 1. The first-order chi connectivity index (χ1) is 14.6. The summed E-state index contributed by atoms with van der Waals surface area (Å²) in [7, 11) is 0. The van der Waals surface area contributed by atoms with E-state index in [1.54, 1.807) is 11.3 Å². The number of guanidine groups is 1. The Morgan fingerprint density at radius 3 is 2.70 bits per heavy atom. The van der Waals surface area contributed by atoms with E-state index < -0.39 is 0 Å². The van der Waals surface area contributed by atoms with Gasteiger partial charge < -0.3 is 15.5 Å². The fraction of sp³-hybridized carbons (Fsp3) is 0.565. The van der Waals surface area contributed by atoms with Crippen molar-refractivity contribution in [2.24, 2.45) is 4.99 Å². The van der Waals surface area contributed by atoms with Crippen molar-refractivity contribution in [2.75, 3.05) is 57.3 Å². The molecule has 7 heteroatoms. The van der Waals surface area contributed by atoms with Crippen LogP contribution in [-0.2, 0) is 6.42 Å². The van der Waals surface area contributed by atoms with Crippen LogP contribution < -0.4 is 15.5 Å². The lowest BCUT2D eigenvalue weighted by atomic mass is 10.2. The van der Waals surface area contributed by atoms with Gasteiger partial charge in [-0.15, -0.1) is 11.3 Å². The van der Waals surface area contributed by atoms with E-state index >= 15 is 0 Å². The molecule has 164 valence electrons. The Balaban J connectivity index is 1.34. The lowest BCUT2D eigenvalue weighted by Gasteiger charge is -2.36. The van der Waals surface area contributed by atoms with Crippen LogP contribution in [-0.4, -0.2) is 68.2 Å². The fourth-order valence-electron chi connectivity index (χ4n) is 3.69. The highest BCUT2D eigenvalue weighted by molar-refractivity contribution is 7.11. The van der Waals surface area contributed by atoms with E-state index in [0.29, 0.717) is 0 Å². The number of anilines is 1. The molecular weight excluding hydrogens is 392 g/mol. The summed E-state index contributed by atoms with van der Waals surface area (Å²) >= 11 is 1.77. The summed E-state index contributed by atoms with van der Waals surface area (Å²) in [6.07, 6.45) is 3.97. The van der Waals surface area contributed by atoms with Crippen LogP contribution in [0.15, 0.2) is 35.5 Å². The largest absolute Gasteiger partial charge is 0.369 e. The summed E-state index contributed by atoms with van der Waals surface area (Å²) in [5.41, 5.74) is 2.69. The van der Waals surface area contributed by atoms with Gasteiger partial charge in [0.25, 0.3) is 0 Å². The zero-order valence-electron chi connectivity index (χ0n) is 18.7. The van der Waals surface area contributed by atoms with E-state index in [2.05, 4.69) is 70.5 Å². The molecule has 0 bridgehead atoms. The molecule has 2 N–H and O–H groups in total. The second-order valence-electron chi connectivity index (χ2n) is 7.82. The van der Waals surface area contributed by atoms with Crippen LogP contribution in [0.4, 0.5) is 5.69 Å². The first-order valence-corrected chi connectivity index (χ1v) is 11.9. The molecule has 0 spiro atoms. The minimum absolute atomic E-state index is 0.851. The molecule has 0 unspecified atom stereocenters. The van der Waals surface area contributed by atoms with E-state index in [-0.39, 0.29) is 0 Å². The molecule has 0 amide bonds. The molecule has 0 radical (unpaired) electrons. The van der Waals surface area contributed by atoms with Crippen molar-refractivity contribution in [2.45, 2.75) is 33.6 Å². The molecule has 1 aliphatic rings. The van der Waals surface area contributed by atoms with E-state index in [1.165, 1.54) is 21.1 Å². The zero-order valence-corrected chi connectivity index (χ0v) is 19.5. The van der Waals surface area contributed by atoms with E-state index in [9.17, 15) is 0 Å². The van der Waals surface area contributed by atoms with Gasteiger partial charge in [0.1, 0.15) is 0 Å². The molecule has 1 aliphatic heterocycles. The molecule has 3 rings (SSSR count). The third-order valence-electron chi connectivity index (χ3n) is 5.29. The number of hydrogen-bond donors (Lipinski definition) is 2. The maximum atomic E-state index is 4.75. The molecular formula is C23H36N6S. The number of piperazine rings is 1. The van der Waals surface area contributed by atoms with Crippen molar-refractivity contribution < 1.29 is 0 Å². The van der Waals surface area contributed by atoms with Gasteiger partial charge in [0.2, 0.25) is 0 Å². The van der Waals surface area contributed by atoms with E-state index in [4.69, 9.17) is 4.99 Å². The van der Waals surface area contributed by atoms with Gasteiger partial charge >= 0.3 is 0 Å². The maximum absolute atomic E-state index is 4.75. The van der Waals surface area contributed by atoms with Crippen LogP contribution in [0.1, 0.15) is 28.8 Å². The third-order valence-corrected chi connectivity index (χ3v) is 6.26. The van der Waals surface area contributed by atoms with E-state index in [0.717, 1.165) is 71.2 Å². The van der Waals surface area contributed by atoms with Gasteiger partial charge in [-0.3, -0.25) is 9.89 Å². The second-order valence-corrected chi connectivity index (χ2v) is 9.14. The highest BCUT2D eigenvalue weighted by atomic mass is 32.1. The highest BCUT2D eigenvalue weighted by Crippen LogP contribution is 2.17. The molecule has 1 aromatic carbocycles. The standard InChI is InChI=1S/C23H36N6S/c1-4-24-23(26-11-9-22-27-18-20(3)30-22)25-10-6-12-28-13-15-29(16-14-28)21-8-5-7-19(2)17-21/h5,7-8,17-18H,4,6,9-16H2,1-3H3,(H2,24,25,26). The number of nitrogens with zero attached hydrogens (tertiary/aromatic N) is 4. The Bertz CT molecular complexity index is 794. The summed E-state index contributed by atoms with van der Waals surface area (Å²) in [6.45, 7) is 14.5. The van der Waals surface area contributed by atoms with Crippen LogP contribution in [0.2, 0.25) is 0 Å². The molecule has 1 aromatic heterocycles. The van der Waals surface area contributed by atoms with Crippen molar-refractivity contribution in [3.63, 3.8) is 0 Å². The van der Waals surface area contributed by atoms with Gasteiger partial charge in [-0.25, -0.2) is 4.98 Å². The average molecular weight is 429 g/mol. The summed E-state index contributed by atoms with van der Waals surface area (Å²) < 4.78 is 0. The van der Waals surface area contributed by atoms with Crippen molar-refractivity contribution in [1.82, 2.24) is 20.5 Å². The number of hydrogen-bond acceptors (Lipinski definition) is 5. The van der Waals surface area contributed by atoms with Gasteiger partial charge in [0.15, 0.2) is 5.96 Å². The first kappa shape index (κ1) is 22.6. The van der Waals surface area contributed by atoms with Crippen LogP contribution in [0.5, 0.6) is 0 Å². The quantitative estimate of drug-likeness (QED) is 0.365. The lowest BCUT2D eigenvalue weighted by molar-refractivity contribution is 0.256. The molecule has 1 saturated heterocycles. The summed E-state index contributed by atoms with van der Waals surface area (Å²) in [5.74, 6) is 0.912. The molecule has 0 atom stereocenters. The van der Waals surface area contributed by atoms with Crippen LogP contribution >= 0.6 is 11.3 Å². The minimum atomic E-state index is 0.851.